The van der Waals surface area contributed by atoms with E-state index in [1.54, 1.807) is 0 Å². The fraction of sp³-hybridized carbons (Fsp3) is 0.638. The molecule has 29 nitrogen and oxygen atoms in total. The number of hydrogen-bond donors (Lipinski definition) is 16. The fourth-order valence-corrected chi connectivity index (χ4v) is 9.21. The van der Waals surface area contributed by atoms with Gasteiger partial charge < -0.3 is 84.4 Å². The second-order valence-electron chi connectivity index (χ2n) is 19.6. The summed E-state index contributed by atoms with van der Waals surface area (Å²) in [6.45, 7) is 6.52. The lowest BCUT2D eigenvalue weighted by Crippen LogP contribution is -2.61. The number of H-pyrrole nitrogens is 2. The number of carbonyl (C=O) groups is 10. The number of carbonyl (C=O) groups excluding carboxylic acids is 9. The maximum atomic E-state index is 14.6. The average Bonchev–Trinajstić information content (AvgIpc) is 4.26. The summed E-state index contributed by atoms with van der Waals surface area (Å²) in [7, 11) is 0. The fourth-order valence-electron chi connectivity index (χ4n) is 8.79. The molecule has 9 amide bonds. The Labute approximate surface area is 461 Å². The van der Waals surface area contributed by atoms with Crippen LogP contribution < -0.4 is 54.4 Å². The molecule has 4 rings (SSSR count). The first-order valence-electron chi connectivity index (χ1n) is 25.6. The molecule has 31 heteroatoms. The first-order valence-corrected chi connectivity index (χ1v) is 26.8. The van der Waals surface area contributed by atoms with E-state index in [-0.39, 0.29) is 88.0 Å². The van der Waals surface area contributed by atoms with Crippen LogP contribution in [-0.4, -0.2) is 203 Å². The lowest BCUT2D eigenvalue weighted by Gasteiger charge is -2.32. The normalized spacial score (nSPS) is 18.6. The molecule has 2 saturated heterocycles. The third kappa shape index (κ3) is 18.9. The molecule has 0 spiro atoms. The number of imidazole rings is 2. The summed E-state index contributed by atoms with van der Waals surface area (Å²) in [5.41, 5.74) is 17.6. The van der Waals surface area contributed by atoms with Gasteiger partial charge in [0.05, 0.1) is 24.8 Å². The molecule has 78 heavy (non-hydrogen) atoms. The summed E-state index contributed by atoms with van der Waals surface area (Å²) in [5, 5.41) is 37.9. The number of hydrogen-bond acceptors (Lipinski definition) is 17. The molecule has 2 aliphatic heterocycles. The van der Waals surface area contributed by atoms with Crippen LogP contribution in [0.25, 0.3) is 0 Å². The Kier molecular flexibility index (Phi) is 25.1. The Balaban J connectivity index is 1.54. The van der Waals surface area contributed by atoms with Gasteiger partial charge in [-0.3, -0.25) is 48.1 Å². The standard InChI is InChI=1S/C47H75N17O12S2/c1-23(2)14-31(44(73)63-12-6-9-34(63)41(70)57-29(8-5-11-53-47(49)50)39(68)56-24(3)37(66)61-33(20-78)46(75)76)59-40(69)30(15-26-17-51-21-54-26)58-42(71)35-10-7-13-64(35)45(74)32(16-27-18-52-22-55-27)60-43(72)36(25(4)65)62-38(67)28(48)19-77/h17-18,21-25,28-36,65,77-78H,5-16,19-20,48H2,1-4H3,(H,51,54)(H,52,55)(H,56,68)(H,57,70)(H,58,71)(H,59,69)(H,60,72)(H,61,66)(H,62,67)(H,75,76)(H4,49,50,53)/t24-,25+,28-,29-,30-,31-,32-,33-,34-,35-,36-/m0/s1. The number of aliphatic hydroxyl groups is 1. The lowest BCUT2D eigenvalue weighted by atomic mass is 10.0. The third-order valence-electron chi connectivity index (χ3n) is 12.9. The summed E-state index contributed by atoms with van der Waals surface area (Å²) in [6, 6.07) is -12.6. The Hall–Kier alpha value is -6.99. The van der Waals surface area contributed by atoms with Crippen molar-refractivity contribution in [3.63, 3.8) is 0 Å². The highest BCUT2D eigenvalue weighted by Crippen LogP contribution is 2.23. The van der Waals surface area contributed by atoms with Crippen molar-refractivity contribution in [2.75, 3.05) is 31.1 Å². The number of nitrogens with zero attached hydrogens (tertiary/aromatic N) is 5. The molecule has 0 radical (unpaired) electrons. The number of amides is 9. The van der Waals surface area contributed by atoms with Gasteiger partial charge in [0.15, 0.2) is 5.96 Å². The van der Waals surface area contributed by atoms with Crippen LogP contribution in [0.3, 0.4) is 0 Å². The van der Waals surface area contributed by atoms with Gasteiger partial charge in [0.2, 0.25) is 53.2 Å². The van der Waals surface area contributed by atoms with Gasteiger partial charge in [-0.2, -0.15) is 25.3 Å². The van der Waals surface area contributed by atoms with Crippen LogP contribution >= 0.6 is 25.3 Å². The number of thiol groups is 2. The van der Waals surface area contributed by atoms with E-state index in [0.29, 0.717) is 24.2 Å². The smallest absolute Gasteiger partial charge is 0.327 e. The minimum atomic E-state index is -1.53. The lowest BCUT2D eigenvalue weighted by molar-refractivity contribution is -0.144. The molecule has 2 aliphatic rings. The average molecular weight is 1130 g/mol. The van der Waals surface area contributed by atoms with Crippen LogP contribution in [0.5, 0.6) is 0 Å². The highest BCUT2D eigenvalue weighted by atomic mass is 32.1. The first kappa shape index (κ1) is 63.5. The van der Waals surface area contributed by atoms with E-state index in [0.717, 1.165) is 0 Å². The number of likely N-dealkylation sites (tertiary alicyclic amines) is 2. The molecule has 0 unspecified atom stereocenters. The van der Waals surface area contributed by atoms with Gasteiger partial charge in [-0.15, -0.1) is 0 Å². The van der Waals surface area contributed by atoms with Gasteiger partial charge in [0, 0.05) is 67.8 Å². The van der Waals surface area contributed by atoms with Gasteiger partial charge in [0.1, 0.15) is 54.4 Å². The van der Waals surface area contributed by atoms with Crippen LogP contribution in [0.2, 0.25) is 0 Å². The van der Waals surface area contributed by atoms with Crippen molar-refractivity contribution in [1.82, 2.24) is 67.0 Å². The number of guanidine groups is 1. The minimum Gasteiger partial charge on any atom is -0.480 e. The van der Waals surface area contributed by atoms with E-state index in [9.17, 15) is 58.2 Å². The predicted octanol–water partition coefficient (Wildman–Crippen LogP) is -4.93. The van der Waals surface area contributed by atoms with Crippen molar-refractivity contribution in [2.24, 2.45) is 28.1 Å². The predicted molar refractivity (Wildman–Crippen MR) is 288 cm³/mol. The quantitative estimate of drug-likeness (QED) is 0.0151. The first-order chi connectivity index (χ1) is 36.9. The zero-order chi connectivity index (χ0) is 57.8. The van der Waals surface area contributed by atoms with Gasteiger partial charge >= 0.3 is 5.97 Å². The van der Waals surface area contributed by atoms with E-state index in [1.807, 2.05) is 13.8 Å². The van der Waals surface area contributed by atoms with Crippen molar-refractivity contribution in [2.45, 2.75) is 152 Å². The summed E-state index contributed by atoms with van der Waals surface area (Å²) in [5.74, 6) is -8.77. The number of carboxylic acids is 1. The number of aromatic nitrogens is 4. The third-order valence-corrected chi connectivity index (χ3v) is 13.7. The molecule has 0 aromatic carbocycles. The number of nitrogens with two attached hydrogens (primary N) is 3. The summed E-state index contributed by atoms with van der Waals surface area (Å²) in [6.07, 6.45) is 5.32. The number of nitrogens with one attached hydrogen (secondary N) is 9. The Morgan fingerprint density at radius 3 is 1.68 bits per heavy atom. The van der Waals surface area contributed by atoms with Crippen molar-refractivity contribution in [3.8, 4) is 0 Å². The number of aliphatic carboxylic acids is 1. The largest absolute Gasteiger partial charge is 0.480 e. The number of aliphatic imine (C=N–C) groups is 1. The summed E-state index contributed by atoms with van der Waals surface area (Å²) >= 11 is 7.96. The molecule has 0 aliphatic carbocycles. The molecule has 2 aromatic rings. The molecule has 11 atom stereocenters. The molecule has 432 valence electrons. The molecule has 0 bridgehead atoms. The van der Waals surface area contributed by atoms with E-state index in [2.05, 4.69) is 87.4 Å². The van der Waals surface area contributed by atoms with Gasteiger partial charge in [-0.05, 0) is 64.7 Å². The molecule has 2 aromatic heterocycles. The van der Waals surface area contributed by atoms with Crippen LogP contribution in [0.15, 0.2) is 30.0 Å². The molecule has 2 fully saturated rings. The van der Waals surface area contributed by atoms with Crippen molar-refractivity contribution in [1.29, 1.82) is 0 Å². The highest BCUT2D eigenvalue weighted by molar-refractivity contribution is 7.80. The van der Waals surface area contributed by atoms with Gasteiger partial charge in [-0.1, -0.05) is 13.8 Å². The second-order valence-corrected chi connectivity index (χ2v) is 20.3. The monoisotopic (exact) mass is 1130 g/mol. The van der Waals surface area contributed by atoms with Crippen LogP contribution in [-0.2, 0) is 60.8 Å². The zero-order valence-corrected chi connectivity index (χ0v) is 45.8. The number of aromatic amines is 2. The highest BCUT2D eigenvalue weighted by Gasteiger charge is 2.43. The van der Waals surface area contributed by atoms with E-state index in [4.69, 9.17) is 17.2 Å². The molecule has 4 heterocycles. The van der Waals surface area contributed by atoms with Crippen molar-refractivity contribution >= 4 is 90.4 Å². The van der Waals surface area contributed by atoms with Crippen LogP contribution in [0, 0.1) is 5.92 Å². The van der Waals surface area contributed by atoms with Gasteiger partial charge in [-0.25, -0.2) is 14.8 Å². The number of aliphatic hydroxyl groups excluding tert-OH is 1. The Bertz CT molecular complexity index is 2410. The Morgan fingerprint density at radius 1 is 0.679 bits per heavy atom. The van der Waals surface area contributed by atoms with Crippen molar-refractivity contribution in [3.05, 3.63) is 36.4 Å². The maximum absolute atomic E-state index is 14.6. The van der Waals surface area contributed by atoms with Gasteiger partial charge in [0.25, 0.3) is 0 Å². The van der Waals surface area contributed by atoms with E-state index >= 15 is 0 Å². The number of carboxylic acid groups (broad SMARTS) is 1. The number of rotatable bonds is 30. The summed E-state index contributed by atoms with van der Waals surface area (Å²) in [4.78, 5) is 157. The van der Waals surface area contributed by atoms with Crippen LogP contribution in [0.1, 0.15) is 84.0 Å². The van der Waals surface area contributed by atoms with E-state index in [1.165, 1.54) is 48.7 Å². The Morgan fingerprint density at radius 2 is 1.19 bits per heavy atom. The topological polar surface area (TPSA) is 450 Å². The molecular weight excluding hydrogens is 1060 g/mol. The van der Waals surface area contributed by atoms with Crippen LogP contribution in [0.4, 0.5) is 0 Å². The SMILES string of the molecule is CC(C)C[C@H](NC(=O)[C@H](Cc1cnc[nH]1)NC(=O)[C@@H]1CCCN1C(=O)[C@H](Cc1cnc[nH]1)NC(=O)[C@@H](NC(=O)[C@@H](N)CS)[C@@H](C)O)C(=O)N1CCC[C@H]1C(=O)N[C@@H](CCCN=C(N)N)C(=O)N[C@@H](C)C(=O)N[C@@H](CS)C(=O)O. The maximum Gasteiger partial charge on any atom is 0.327 e. The van der Waals surface area contributed by atoms with E-state index < -0.39 is 126 Å². The molecule has 17 N–H and O–H groups in total. The van der Waals surface area contributed by atoms with Crippen molar-refractivity contribution < 1.29 is 58.2 Å². The molecular formula is C47H75N17O12S2. The molecule has 0 saturated carbocycles. The summed E-state index contributed by atoms with van der Waals surface area (Å²) < 4.78 is 0. The second kappa shape index (κ2) is 30.8. The zero-order valence-electron chi connectivity index (χ0n) is 44.0. The minimum absolute atomic E-state index is 0.0131.